The van der Waals surface area contributed by atoms with Crippen LogP contribution >= 0.6 is 0 Å². The van der Waals surface area contributed by atoms with Gasteiger partial charge in [-0.15, -0.1) is 0 Å². The fourth-order valence-electron chi connectivity index (χ4n) is 2.75. The normalized spacial score (nSPS) is 22.3. The van der Waals surface area contributed by atoms with Crippen molar-refractivity contribution in [3.8, 4) is 5.75 Å². The van der Waals surface area contributed by atoms with Crippen LogP contribution in [-0.4, -0.2) is 42.8 Å². The summed E-state index contributed by atoms with van der Waals surface area (Å²) in [5.41, 5.74) is 6.79. The molecule has 0 aromatic heterocycles. The van der Waals surface area contributed by atoms with Crippen LogP contribution in [0.5, 0.6) is 5.75 Å². The maximum Gasteiger partial charge on any atom is 0.410 e. The highest BCUT2D eigenvalue weighted by atomic mass is 16.6. The van der Waals surface area contributed by atoms with Crippen molar-refractivity contribution in [2.24, 2.45) is 5.73 Å². The Kier molecular flexibility index (Phi) is 4.96. The van der Waals surface area contributed by atoms with Crippen molar-refractivity contribution in [2.45, 2.75) is 44.8 Å². The van der Waals surface area contributed by atoms with E-state index in [1.54, 1.807) is 12.0 Å². The van der Waals surface area contributed by atoms with E-state index in [2.05, 4.69) is 6.07 Å². The number of hydrogen-bond acceptors (Lipinski definition) is 4. The van der Waals surface area contributed by atoms with Crippen molar-refractivity contribution >= 4 is 6.09 Å². The average molecular weight is 306 g/mol. The molecule has 0 bridgehead atoms. The molecule has 1 aliphatic rings. The standard InChI is InChI=1S/C17H26N2O3/c1-17(2,3)22-16(20)19-10-13(8-14(18)11-19)12-6-5-7-15(9-12)21-4/h5-7,9,13-14H,8,10-11,18H2,1-4H3/t13-,14-/m0/s1. The number of hydrogen-bond donors (Lipinski definition) is 1. The minimum Gasteiger partial charge on any atom is -0.497 e. The molecule has 0 saturated carbocycles. The number of likely N-dealkylation sites (tertiary alicyclic amines) is 1. The molecule has 1 aromatic rings. The van der Waals surface area contributed by atoms with E-state index in [0.29, 0.717) is 13.1 Å². The van der Waals surface area contributed by atoms with Gasteiger partial charge in [0.2, 0.25) is 0 Å². The molecule has 22 heavy (non-hydrogen) atoms. The van der Waals surface area contributed by atoms with Gasteiger partial charge in [0, 0.05) is 25.0 Å². The molecule has 2 rings (SSSR count). The second-order valence-corrected chi connectivity index (χ2v) is 6.85. The van der Waals surface area contributed by atoms with Crippen LogP contribution in [0.4, 0.5) is 4.79 Å². The average Bonchev–Trinajstić information content (AvgIpc) is 2.45. The zero-order valence-corrected chi connectivity index (χ0v) is 13.8. The first-order valence-corrected chi connectivity index (χ1v) is 7.66. The summed E-state index contributed by atoms with van der Waals surface area (Å²) in [5, 5.41) is 0. The zero-order valence-electron chi connectivity index (χ0n) is 13.8. The maximum atomic E-state index is 12.3. The maximum absolute atomic E-state index is 12.3. The predicted octanol–water partition coefficient (Wildman–Crippen LogP) is 2.75. The van der Waals surface area contributed by atoms with E-state index in [9.17, 15) is 4.79 Å². The highest BCUT2D eigenvalue weighted by Gasteiger charge is 2.31. The van der Waals surface area contributed by atoms with Gasteiger partial charge in [-0.05, 0) is 44.9 Å². The van der Waals surface area contributed by atoms with Crippen LogP contribution in [0.25, 0.3) is 0 Å². The van der Waals surface area contributed by atoms with Crippen LogP contribution in [0.2, 0.25) is 0 Å². The van der Waals surface area contributed by atoms with Gasteiger partial charge in [-0.2, -0.15) is 0 Å². The van der Waals surface area contributed by atoms with Crippen LogP contribution in [0, 0.1) is 0 Å². The molecular formula is C17H26N2O3. The van der Waals surface area contributed by atoms with Crippen LogP contribution < -0.4 is 10.5 Å². The van der Waals surface area contributed by atoms with E-state index >= 15 is 0 Å². The summed E-state index contributed by atoms with van der Waals surface area (Å²) in [6.45, 7) is 6.77. The summed E-state index contributed by atoms with van der Waals surface area (Å²) in [6.07, 6.45) is 0.558. The first kappa shape index (κ1) is 16.6. The molecule has 1 aliphatic heterocycles. The lowest BCUT2D eigenvalue weighted by Gasteiger charge is -2.37. The molecule has 0 unspecified atom stereocenters. The molecule has 2 atom stereocenters. The third-order valence-corrected chi connectivity index (χ3v) is 3.70. The number of carbonyl (C=O) groups is 1. The van der Waals surface area contributed by atoms with Gasteiger partial charge in [-0.3, -0.25) is 0 Å². The Morgan fingerprint density at radius 2 is 2.05 bits per heavy atom. The number of carbonyl (C=O) groups excluding carboxylic acids is 1. The molecule has 1 fully saturated rings. The smallest absolute Gasteiger partial charge is 0.410 e. The fraction of sp³-hybridized carbons (Fsp3) is 0.588. The van der Waals surface area contributed by atoms with Crippen LogP contribution in [0.1, 0.15) is 38.7 Å². The Labute approximate surface area is 132 Å². The molecule has 5 nitrogen and oxygen atoms in total. The summed E-state index contributed by atoms with van der Waals surface area (Å²) in [7, 11) is 1.65. The lowest BCUT2D eigenvalue weighted by atomic mass is 9.88. The molecule has 2 N–H and O–H groups in total. The minimum absolute atomic E-state index is 0.0440. The number of piperidine rings is 1. The first-order valence-electron chi connectivity index (χ1n) is 7.66. The lowest BCUT2D eigenvalue weighted by molar-refractivity contribution is 0.0181. The quantitative estimate of drug-likeness (QED) is 0.912. The van der Waals surface area contributed by atoms with Crippen LogP contribution in [0.15, 0.2) is 24.3 Å². The molecule has 1 heterocycles. The van der Waals surface area contributed by atoms with Crippen molar-refractivity contribution < 1.29 is 14.3 Å². The van der Waals surface area contributed by atoms with Gasteiger partial charge < -0.3 is 20.1 Å². The molecule has 1 aromatic carbocycles. The van der Waals surface area contributed by atoms with E-state index in [0.717, 1.165) is 17.7 Å². The third-order valence-electron chi connectivity index (χ3n) is 3.70. The molecule has 0 radical (unpaired) electrons. The van der Waals surface area contributed by atoms with Gasteiger partial charge in [-0.1, -0.05) is 12.1 Å². The number of nitrogens with two attached hydrogens (primary N) is 1. The van der Waals surface area contributed by atoms with Crippen molar-refractivity contribution in [2.75, 3.05) is 20.2 Å². The number of benzene rings is 1. The van der Waals surface area contributed by atoms with E-state index in [1.807, 2.05) is 39.0 Å². The zero-order chi connectivity index (χ0) is 16.3. The molecule has 5 heteroatoms. The number of rotatable bonds is 2. The summed E-state index contributed by atoms with van der Waals surface area (Å²) in [4.78, 5) is 14.0. The number of ether oxygens (including phenoxy) is 2. The second-order valence-electron chi connectivity index (χ2n) is 6.85. The highest BCUT2D eigenvalue weighted by molar-refractivity contribution is 5.68. The Hall–Kier alpha value is -1.75. The monoisotopic (exact) mass is 306 g/mol. The van der Waals surface area contributed by atoms with Crippen LogP contribution in [0.3, 0.4) is 0 Å². The molecule has 0 aliphatic carbocycles. The first-order chi connectivity index (χ1) is 10.3. The molecule has 1 saturated heterocycles. The van der Waals surface area contributed by atoms with Crippen molar-refractivity contribution in [1.29, 1.82) is 0 Å². The van der Waals surface area contributed by atoms with Gasteiger partial charge in [0.1, 0.15) is 11.4 Å². The molecule has 0 spiro atoms. The van der Waals surface area contributed by atoms with E-state index in [-0.39, 0.29) is 18.1 Å². The number of nitrogens with zero attached hydrogens (tertiary/aromatic N) is 1. The van der Waals surface area contributed by atoms with Crippen molar-refractivity contribution in [3.63, 3.8) is 0 Å². The van der Waals surface area contributed by atoms with Gasteiger partial charge in [-0.25, -0.2) is 4.79 Å². The second kappa shape index (κ2) is 6.57. The van der Waals surface area contributed by atoms with E-state index in [1.165, 1.54) is 0 Å². The Balaban J connectivity index is 2.12. The summed E-state index contributed by atoms with van der Waals surface area (Å²) >= 11 is 0. The van der Waals surface area contributed by atoms with Gasteiger partial charge in [0.25, 0.3) is 0 Å². The number of amides is 1. The summed E-state index contributed by atoms with van der Waals surface area (Å²) in [6, 6.07) is 7.90. The predicted molar refractivity (Wildman–Crippen MR) is 86.1 cm³/mol. The van der Waals surface area contributed by atoms with E-state index < -0.39 is 5.60 Å². The fourth-order valence-corrected chi connectivity index (χ4v) is 2.75. The van der Waals surface area contributed by atoms with Gasteiger partial charge in [0.05, 0.1) is 7.11 Å². The van der Waals surface area contributed by atoms with Crippen molar-refractivity contribution in [3.05, 3.63) is 29.8 Å². The SMILES string of the molecule is COc1cccc([C@H]2C[C@H](N)CN(C(=O)OC(C)(C)C)C2)c1. The van der Waals surface area contributed by atoms with Crippen molar-refractivity contribution in [1.82, 2.24) is 4.90 Å². The third kappa shape index (κ3) is 4.37. The van der Waals surface area contributed by atoms with Gasteiger partial charge in [0.15, 0.2) is 0 Å². The Bertz CT molecular complexity index is 525. The summed E-state index contributed by atoms with van der Waals surface area (Å²) in [5.74, 6) is 1.02. The highest BCUT2D eigenvalue weighted by Crippen LogP contribution is 2.29. The molecular weight excluding hydrogens is 280 g/mol. The largest absolute Gasteiger partial charge is 0.497 e. The lowest BCUT2D eigenvalue weighted by Crippen LogP contribution is -2.50. The van der Waals surface area contributed by atoms with E-state index in [4.69, 9.17) is 15.2 Å². The number of methoxy groups -OCH3 is 1. The summed E-state index contributed by atoms with van der Waals surface area (Å²) < 4.78 is 10.7. The Morgan fingerprint density at radius 3 is 2.68 bits per heavy atom. The molecule has 122 valence electrons. The topological polar surface area (TPSA) is 64.8 Å². The molecule has 1 amide bonds. The van der Waals surface area contributed by atoms with Gasteiger partial charge >= 0.3 is 6.09 Å². The Morgan fingerprint density at radius 1 is 1.32 bits per heavy atom. The van der Waals surface area contributed by atoms with Crippen LogP contribution in [-0.2, 0) is 4.74 Å². The minimum atomic E-state index is -0.496.